The molecule has 0 atom stereocenters. The maximum absolute atomic E-state index is 12.7. The van der Waals surface area contributed by atoms with Crippen LogP contribution in [0.25, 0.3) is 0 Å². The summed E-state index contributed by atoms with van der Waals surface area (Å²) in [6, 6.07) is 2.58. The first-order valence-electron chi connectivity index (χ1n) is 6.08. The molecule has 118 valence electrons. The average Bonchev–Trinajstić information content (AvgIpc) is 2.24. The largest absolute Gasteiger partial charge is 0.399 e. The van der Waals surface area contributed by atoms with Crippen molar-refractivity contribution in [2.24, 2.45) is 11.7 Å². The lowest BCUT2D eigenvalue weighted by atomic mass is 10.2. The predicted molar refractivity (Wildman–Crippen MR) is 83.7 cm³/mol. The van der Waals surface area contributed by atoms with Crippen molar-refractivity contribution in [1.29, 1.82) is 0 Å². The lowest BCUT2D eigenvalue weighted by molar-refractivity contribution is -0.118. The van der Waals surface area contributed by atoms with Gasteiger partial charge in [0.2, 0.25) is 15.9 Å². The number of rotatable bonds is 6. The fourth-order valence-corrected chi connectivity index (χ4v) is 4.53. The van der Waals surface area contributed by atoms with Gasteiger partial charge >= 0.3 is 0 Å². The van der Waals surface area contributed by atoms with Crippen molar-refractivity contribution in [2.45, 2.75) is 18.7 Å². The number of halogens is 2. The van der Waals surface area contributed by atoms with Gasteiger partial charge < -0.3 is 11.5 Å². The lowest BCUT2D eigenvalue weighted by Crippen LogP contribution is -2.40. The fraction of sp³-hybridized carbons (Fsp3) is 0.417. The SMILES string of the molecule is CC(C)CN(CC(N)=O)S(=O)(=O)c1c(Cl)cc(N)cc1Cl. The van der Waals surface area contributed by atoms with Gasteiger partial charge in [-0.25, -0.2) is 8.42 Å². The van der Waals surface area contributed by atoms with E-state index in [0.717, 1.165) is 4.31 Å². The summed E-state index contributed by atoms with van der Waals surface area (Å²) in [6.45, 7) is 3.30. The standard InChI is InChI=1S/C12H17Cl2N3O3S/c1-7(2)5-17(6-11(16)18)21(19,20)12-9(13)3-8(15)4-10(12)14/h3-4,7H,5-6,15H2,1-2H3,(H2,16,18). The van der Waals surface area contributed by atoms with Crippen molar-refractivity contribution >= 4 is 44.8 Å². The summed E-state index contributed by atoms with van der Waals surface area (Å²) < 4.78 is 26.3. The van der Waals surface area contributed by atoms with Gasteiger partial charge in [0, 0.05) is 12.2 Å². The number of anilines is 1. The molecule has 0 unspecified atom stereocenters. The molecular weight excluding hydrogens is 337 g/mol. The third-order valence-corrected chi connectivity index (χ3v) is 5.25. The molecule has 21 heavy (non-hydrogen) atoms. The maximum Gasteiger partial charge on any atom is 0.246 e. The molecule has 6 nitrogen and oxygen atoms in total. The van der Waals surface area contributed by atoms with E-state index in [2.05, 4.69) is 0 Å². The van der Waals surface area contributed by atoms with Crippen molar-refractivity contribution in [3.8, 4) is 0 Å². The smallest absolute Gasteiger partial charge is 0.246 e. The van der Waals surface area contributed by atoms with Crippen LogP contribution in [0.2, 0.25) is 10.0 Å². The number of sulfonamides is 1. The van der Waals surface area contributed by atoms with Crippen LogP contribution in [0.5, 0.6) is 0 Å². The number of nitrogen functional groups attached to an aromatic ring is 1. The Morgan fingerprint density at radius 3 is 2.14 bits per heavy atom. The first kappa shape index (κ1) is 18.0. The monoisotopic (exact) mass is 353 g/mol. The zero-order valence-corrected chi connectivity index (χ0v) is 14.0. The van der Waals surface area contributed by atoms with Gasteiger partial charge in [0.05, 0.1) is 16.6 Å². The summed E-state index contributed by atoms with van der Waals surface area (Å²) >= 11 is 11.9. The molecule has 4 N–H and O–H groups in total. The van der Waals surface area contributed by atoms with Gasteiger partial charge in [-0.3, -0.25) is 4.79 Å². The molecule has 0 heterocycles. The van der Waals surface area contributed by atoms with Gasteiger partial charge in [0.25, 0.3) is 0 Å². The van der Waals surface area contributed by atoms with Crippen molar-refractivity contribution in [1.82, 2.24) is 4.31 Å². The summed E-state index contributed by atoms with van der Waals surface area (Å²) in [6.07, 6.45) is 0. The van der Waals surface area contributed by atoms with Crippen molar-refractivity contribution < 1.29 is 13.2 Å². The first-order chi connectivity index (χ1) is 9.55. The molecule has 1 rings (SSSR count). The zero-order chi connectivity index (χ0) is 16.4. The van der Waals surface area contributed by atoms with E-state index >= 15 is 0 Å². The fourth-order valence-electron chi connectivity index (χ4n) is 1.78. The molecule has 0 bridgehead atoms. The Labute approximate surface area is 134 Å². The predicted octanol–water partition coefficient (Wildman–Crippen LogP) is 1.71. The molecule has 0 saturated carbocycles. The number of nitrogens with two attached hydrogens (primary N) is 2. The molecule has 1 aromatic carbocycles. The van der Waals surface area contributed by atoms with E-state index in [1.807, 2.05) is 13.8 Å². The van der Waals surface area contributed by atoms with Crippen LogP contribution in [0, 0.1) is 5.92 Å². The molecule has 1 aromatic rings. The second-order valence-electron chi connectivity index (χ2n) is 4.97. The molecule has 0 aromatic heterocycles. The van der Waals surface area contributed by atoms with Crippen LogP contribution >= 0.6 is 23.2 Å². The quantitative estimate of drug-likeness (QED) is 0.759. The van der Waals surface area contributed by atoms with E-state index in [1.165, 1.54) is 12.1 Å². The number of carbonyl (C=O) groups is 1. The van der Waals surface area contributed by atoms with Crippen LogP contribution in [0.1, 0.15) is 13.8 Å². The van der Waals surface area contributed by atoms with E-state index in [9.17, 15) is 13.2 Å². The van der Waals surface area contributed by atoms with Gasteiger partial charge in [-0.15, -0.1) is 0 Å². The highest BCUT2D eigenvalue weighted by Gasteiger charge is 2.31. The second-order valence-corrected chi connectivity index (χ2v) is 7.66. The number of primary amides is 1. The summed E-state index contributed by atoms with van der Waals surface area (Å²) in [5.41, 5.74) is 10.9. The van der Waals surface area contributed by atoms with E-state index in [1.54, 1.807) is 0 Å². The highest BCUT2D eigenvalue weighted by molar-refractivity contribution is 7.89. The molecule has 9 heteroatoms. The average molecular weight is 354 g/mol. The topological polar surface area (TPSA) is 106 Å². The summed E-state index contributed by atoms with van der Waals surface area (Å²) in [4.78, 5) is 10.8. The van der Waals surface area contributed by atoms with E-state index in [4.69, 9.17) is 34.7 Å². The Balaban J connectivity index is 3.38. The molecule has 1 amide bonds. The Bertz CT molecular complexity index is 624. The van der Waals surface area contributed by atoms with Crippen LogP contribution < -0.4 is 11.5 Å². The minimum absolute atomic E-state index is 0.00884. The molecule has 0 fully saturated rings. The Hall–Kier alpha value is -1.02. The summed E-state index contributed by atoms with van der Waals surface area (Å²) in [5.74, 6) is -0.771. The van der Waals surface area contributed by atoms with Gasteiger partial charge in [0.15, 0.2) is 0 Å². The number of benzene rings is 1. The molecule has 0 spiro atoms. The molecule has 0 saturated heterocycles. The van der Waals surface area contributed by atoms with E-state index < -0.39 is 22.5 Å². The minimum atomic E-state index is -4.06. The Morgan fingerprint density at radius 1 is 1.29 bits per heavy atom. The molecule has 0 radical (unpaired) electrons. The molecular formula is C12H17Cl2N3O3S. The Morgan fingerprint density at radius 2 is 1.76 bits per heavy atom. The third-order valence-electron chi connectivity index (χ3n) is 2.52. The normalized spacial score (nSPS) is 12.1. The zero-order valence-electron chi connectivity index (χ0n) is 11.6. The highest BCUT2D eigenvalue weighted by Crippen LogP contribution is 2.34. The van der Waals surface area contributed by atoms with Gasteiger partial charge in [-0.05, 0) is 18.1 Å². The van der Waals surface area contributed by atoms with Crippen molar-refractivity contribution in [3.63, 3.8) is 0 Å². The van der Waals surface area contributed by atoms with Gasteiger partial charge in [0.1, 0.15) is 4.90 Å². The lowest BCUT2D eigenvalue weighted by Gasteiger charge is -2.23. The number of amides is 1. The first-order valence-corrected chi connectivity index (χ1v) is 8.28. The van der Waals surface area contributed by atoms with Crippen LogP contribution in [0.15, 0.2) is 17.0 Å². The number of nitrogens with zero attached hydrogens (tertiary/aromatic N) is 1. The highest BCUT2D eigenvalue weighted by atomic mass is 35.5. The van der Waals surface area contributed by atoms with Crippen LogP contribution in [0.3, 0.4) is 0 Å². The van der Waals surface area contributed by atoms with Crippen LogP contribution in [-0.4, -0.2) is 31.7 Å². The number of carbonyl (C=O) groups excluding carboxylic acids is 1. The summed E-state index contributed by atoms with van der Waals surface area (Å²) in [5, 5.41) is -0.198. The third kappa shape index (κ3) is 4.47. The molecule has 0 aliphatic heterocycles. The summed E-state index contributed by atoms with van der Waals surface area (Å²) in [7, 11) is -4.06. The van der Waals surface area contributed by atoms with Gasteiger partial charge in [-0.1, -0.05) is 37.0 Å². The van der Waals surface area contributed by atoms with Crippen LogP contribution in [0.4, 0.5) is 5.69 Å². The van der Waals surface area contributed by atoms with Crippen molar-refractivity contribution in [3.05, 3.63) is 22.2 Å². The molecule has 0 aliphatic rings. The minimum Gasteiger partial charge on any atom is -0.399 e. The van der Waals surface area contributed by atoms with Crippen LogP contribution in [-0.2, 0) is 14.8 Å². The number of hydrogen-bond donors (Lipinski definition) is 2. The Kier molecular flexibility index (Phi) is 5.86. The second kappa shape index (κ2) is 6.83. The van der Waals surface area contributed by atoms with Crippen molar-refractivity contribution in [2.75, 3.05) is 18.8 Å². The number of hydrogen-bond acceptors (Lipinski definition) is 4. The van der Waals surface area contributed by atoms with E-state index in [0.29, 0.717) is 0 Å². The van der Waals surface area contributed by atoms with E-state index in [-0.39, 0.29) is 33.1 Å². The molecule has 0 aliphatic carbocycles. The maximum atomic E-state index is 12.7. The van der Waals surface area contributed by atoms with Gasteiger partial charge in [-0.2, -0.15) is 4.31 Å².